The fourth-order valence-electron chi connectivity index (χ4n) is 1.73. The van der Waals surface area contributed by atoms with Crippen molar-refractivity contribution in [1.29, 1.82) is 0 Å². The monoisotopic (exact) mass is 252 g/mol. The van der Waals surface area contributed by atoms with Crippen molar-refractivity contribution in [3.8, 4) is 0 Å². The van der Waals surface area contributed by atoms with Crippen LogP contribution >= 0.6 is 0 Å². The molecule has 0 radical (unpaired) electrons. The summed E-state index contributed by atoms with van der Waals surface area (Å²) in [6.07, 6.45) is 0. The van der Waals surface area contributed by atoms with E-state index in [1.165, 1.54) is 0 Å². The van der Waals surface area contributed by atoms with Crippen molar-refractivity contribution in [3.05, 3.63) is 72.3 Å². The molecule has 0 aliphatic rings. The molecule has 19 heavy (non-hydrogen) atoms. The zero-order valence-electron chi connectivity index (χ0n) is 10.6. The predicted octanol–water partition coefficient (Wildman–Crippen LogP) is 2.80. The first kappa shape index (κ1) is 12.9. The van der Waals surface area contributed by atoms with Crippen molar-refractivity contribution in [2.24, 2.45) is 5.73 Å². The van der Waals surface area contributed by atoms with E-state index in [9.17, 15) is 4.79 Å². The second-order valence-electron chi connectivity index (χ2n) is 4.26. The van der Waals surface area contributed by atoms with E-state index >= 15 is 0 Å². The predicted molar refractivity (Wildman–Crippen MR) is 78.4 cm³/mol. The summed E-state index contributed by atoms with van der Waals surface area (Å²) in [5, 5.41) is 3.32. The van der Waals surface area contributed by atoms with E-state index in [2.05, 4.69) is 11.9 Å². The topological polar surface area (TPSA) is 55.1 Å². The van der Waals surface area contributed by atoms with Gasteiger partial charge in [0.1, 0.15) is 0 Å². The van der Waals surface area contributed by atoms with Crippen LogP contribution in [-0.2, 0) is 11.3 Å². The van der Waals surface area contributed by atoms with Crippen molar-refractivity contribution >= 4 is 17.2 Å². The van der Waals surface area contributed by atoms with Crippen LogP contribution in [0, 0.1) is 0 Å². The van der Waals surface area contributed by atoms with E-state index in [1.54, 1.807) is 0 Å². The van der Waals surface area contributed by atoms with Crippen LogP contribution in [0.25, 0.3) is 5.57 Å². The molecule has 0 aromatic heterocycles. The molecule has 2 rings (SSSR count). The Morgan fingerprint density at radius 3 is 2.26 bits per heavy atom. The first-order valence-corrected chi connectivity index (χ1v) is 6.04. The molecule has 0 saturated carbocycles. The van der Waals surface area contributed by atoms with Crippen molar-refractivity contribution < 1.29 is 4.79 Å². The van der Waals surface area contributed by atoms with Gasteiger partial charge in [0.05, 0.1) is 0 Å². The van der Waals surface area contributed by atoms with Crippen molar-refractivity contribution in [1.82, 2.24) is 0 Å². The second kappa shape index (κ2) is 5.87. The molecule has 3 nitrogen and oxygen atoms in total. The molecule has 0 heterocycles. The van der Waals surface area contributed by atoms with Gasteiger partial charge in [-0.2, -0.15) is 0 Å². The van der Waals surface area contributed by atoms with Crippen LogP contribution in [0.3, 0.4) is 0 Å². The van der Waals surface area contributed by atoms with E-state index < -0.39 is 5.91 Å². The maximum absolute atomic E-state index is 11.0. The zero-order chi connectivity index (χ0) is 13.7. The summed E-state index contributed by atoms with van der Waals surface area (Å²) >= 11 is 0. The fourth-order valence-corrected chi connectivity index (χ4v) is 1.73. The molecule has 3 heteroatoms. The van der Waals surface area contributed by atoms with Gasteiger partial charge in [0.15, 0.2) is 0 Å². The Morgan fingerprint density at radius 1 is 1.05 bits per heavy atom. The van der Waals surface area contributed by atoms with Crippen molar-refractivity contribution in [3.63, 3.8) is 0 Å². The minimum Gasteiger partial charge on any atom is -0.381 e. The number of amides is 1. The number of primary amides is 1. The van der Waals surface area contributed by atoms with E-state index in [4.69, 9.17) is 5.73 Å². The quantitative estimate of drug-likeness (QED) is 0.804. The molecule has 0 aliphatic heterocycles. The molecule has 0 aliphatic carbocycles. The first-order chi connectivity index (χ1) is 9.16. The standard InChI is InChI=1S/C16H16N2O/c1-12(16(17)19)14-9-7-13(8-10-14)11-18-15-5-3-2-4-6-15/h2-10,18H,1,11H2,(H2,17,19). The Hall–Kier alpha value is -2.55. The lowest BCUT2D eigenvalue weighted by Gasteiger charge is -2.07. The molecular formula is C16H16N2O. The highest BCUT2D eigenvalue weighted by Gasteiger charge is 2.04. The third kappa shape index (κ3) is 3.45. The summed E-state index contributed by atoms with van der Waals surface area (Å²) in [5.74, 6) is -0.491. The zero-order valence-corrected chi connectivity index (χ0v) is 10.6. The van der Waals surface area contributed by atoms with Crippen molar-refractivity contribution in [2.45, 2.75) is 6.54 Å². The fraction of sp³-hybridized carbons (Fsp3) is 0.0625. The molecule has 96 valence electrons. The van der Waals surface area contributed by atoms with Gasteiger partial charge in [-0.15, -0.1) is 0 Å². The Bertz CT molecular complexity index is 573. The van der Waals surface area contributed by atoms with Crippen LogP contribution in [0.5, 0.6) is 0 Å². The lowest BCUT2D eigenvalue weighted by atomic mass is 10.1. The molecule has 0 fully saturated rings. The Labute approximate surface area is 112 Å². The van der Waals surface area contributed by atoms with E-state index in [0.29, 0.717) is 5.57 Å². The van der Waals surface area contributed by atoms with Crippen LogP contribution in [0.1, 0.15) is 11.1 Å². The number of hydrogen-bond donors (Lipinski definition) is 2. The molecule has 2 aromatic carbocycles. The third-order valence-corrected chi connectivity index (χ3v) is 2.87. The highest BCUT2D eigenvalue weighted by Crippen LogP contribution is 2.14. The largest absolute Gasteiger partial charge is 0.381 e. The van der Waals surface area contributed by atoms with Gasteiger partial charge in [-0.25, -0.2) is 0 Å². The van der Waals surface area contributed by atoms with E-state index in [0.717, 1.165) is 23.4 Å². The molecule has 0 spiro atoms. The average molecular weight is 252 g/mol. The Morgan fingerprint density at radius 2 is 1.68 bits per heavy atom. The number of anilines is 1. The average Bonchev–Trinajstić information content (AvgIpc) is 2.46. The number of hydrogen-bond acceptors (Lipinski definition) is 2. The Kier molecular flexibility index (Phi) is 3.98. The van der Waals surface area contributed by atoms with Crippen LogP contribution in [-0.4, -0.2) is 5.91 Å². The summed E-state index contributed by atoms with van der Waals surface area (Å²) in [7, 11) is 0. The summed E-state index contributed by atoms with van der Waals surface area (Å²) in [6.45, 7) is 4.39. The lowest BCUT2D eigenvalue weighted by Crippen LogP contribution is -2.11. The Balaban J connectivity index is 1.99. The summed E-state index contributed by atoms with van der Waals surface area (Å²) in [4.78, 5) is 11.0. The smallest absolute Gasteiger partial charge is 0.248 e. The van der Waals surface area contributed by atoms with Gasteiger partial charge in [0, 0.05) is 17.8 Å². The molecule has 2 aromatic rings. The van der Waals surface area contributed by atoms with E-state index in [-0.39, 0.29) is 0 Å². The highest BCUT2D eigenvalue weighted by atomic mass is 16.1. The molecular weight excluding hydrogens is 236 g/mol. The number of carbonyl (C=O) groups is 1. The van der Waals surface area contributed by atoms with Gasteiger partial charge >= 0.3 is 0 Å². The normalized spacial score (nSPS) is 9.89. The highest BCUT2D eigenvalue weighted by molar-refractivity contribution is 6.17. The van der Waals surface area contributed by atoms with Gasteiger partial charge in [-0.3, -0.25) is 4.79 Å². The van der Waals surface area contributed by atoms with Gasteiger partial charge in [0.25, 0.3) is 0 Å². The summed E-state index contributed by atoms with van der Waals surface area (Å²) in [5.41, 5.74) is 8.49. The SMILES string of the molecule is C=C(C(N)=O)c1ccc(CNc2ccccc2)cc1. The van der Waals surface area contributed by atoms with Crippen molar-refractivity contribution in [2.75, 3.05) is 5.32 Å². The third-order valence-electron chi connectivity index (χ3n) is 2.87. The van der Waals surface area contributed by atoms with Crippen LogP contribution in [0.4, 0.5) is 5.69 Å². The molecule has 3 N–H and O–H groups in total. The minimum absolute atomic E-state index is 0.336. The number of rotatable bonds is 5. The molecule has 0 bridgehead atoms. The minimum atomic E-state index is -0.491. The molecule has 0 atom stereocenters. The summed E-state index contributed by atoms with van der Waals surface area (Å²) < 4.78 is 0. The number of benzene rings is 2. The molecule has 0 saturated heterocycles. The first-order valence-electron chi connectivity index (χ1n) is 6.04. The van der Waals surface area contributed by atoms with Crippen LogP contribution < -0.4 is 11.1 Å². The number of carbonyl (C=O) groups excluding carboxylic acids is 1. The second-order valence-corrected chi connectivity index (χ2v) is 4.26. The van der Waals surface area contributed by atoms with Gasteiger partial charge in [-0.05, 0) is 23.3 Å². The molecule has 1 amide bonds. The van der Waals surface area contributed by atoms with Crippen LogP contribution in [0.2, 0.25) is 0 Å². The van der Waals surface area contributed by atoms with Gasteiger partial charge < -0.3 is 11.1 Å². The van der Waals surface area contributed by atoms with E-state index in [1.807, 2.05) is 54.6 Å². The van der Waals surface area contributed by atoms with Crippen LogP contribution in [0.15, 0.2) is 61.2 Å². The van der Waals surface area contributed by atoms with Gasteiger partial charge in [-0.1, -0.05) is 49.0 Å². The maximum Gasteiger partial charge on any atom is 0.248 e. The molecule has 0 unspecified atom stereocenters. The number of para-hydroxylation sites is 1. The van der Waals surface area contributed by atoms with Gasteiger partial charge in [0.2, 0.25) is 5.91 Å². The maximum atomic E-state index is 11.0. The summed E-state index contributed by atoms with van der Waals surface area (Å²) in [6, 6.07) is 17.6. The number of nitrogens with two attached hydrogens (primary N) is 1. The number of nitrogens with one attached hydrogen (secondary N) is 1. The lowest BCUT2D eigenvalue weighted by molar-refractivity contribution is -0.112.